The molecular formula is C17H20O. The van der Waals surface area contributed by atoms with Gasteiger partial charge in [0.15, 0.2) is 0 Å². The van der Waals surface area contributed by atoms with Crippen LogP contribution in [0.1, 0.15) is 40.8 Å². The van der Waals surface area contributed by atoms with Gasteiger partial charge in [-0.25, -0.2) is 0 Å². The van der Waals surface area contributed by atoms with Crippen molar-refractivity contribution in [1.82, 2.24) is 0 Å². The van der Waals surface area contributed by atoms with Crippen LogP contribution in [0.5, 0.6) is 0 Å². The SMILES string of the molecule is CCc1ccc(C(O)c2ccc(C)c(C)c2)cc1. The van der Waals surface area contributed by atoms with Crippen LogP contribution in [0, 0.1) is 13.8 Å². The van der Waals surface area contributed by atoms with Gasteiger partial charge in [0.25, 0.3) is 0 Å². The first-order valence-corrected chi connectivity index (χ1v) is 6.46. The van der Waals surface area contributed by atoms with Gasteiger partial charge in [-0.1, -0.05) is 49.4 Å². The fraction of sp³-hybridized carbons (Fsp3) is 0.294. The summed E-state index contributed by atoms with van der Waals surface area (Å²) in [6.45, 7) is 6.29. The molecule has 1 atom stereocenters. The highest BCUT2D eigenvalue weighted by molar-refractivity contribution is 5.36. The van der Waals surface area contributed by atoms with Crippen molar-refractivity contribution in [3.63, 3.8) is 0 Å². The molecule has 0 spiro atoms. The molecule has 2 aromatic carbocycles. The van der Waals surface area contributed by atoms with E-state index in [4.69, 9.17) is 0 Å². The standard InChI is InChI=1S/C17H20O/c1-4-14-6-9-15(10-7-14)17(18)16-8-5-12(2)13(3)11-16/h5-11,17-18H,4H2,1-3H3. The third-order valence-electron chi connectivity index (χ3n) is 3.55. The normalized spacial score (nSPS) is 12.4. The number of aliphatic hydroxyl groups excluding tert-OH is 1. The van der Waals surface area contributed by atoms with Crippen molar-refractivity contribution in [2.45, 2.75) is 33.3 Å². The van der Waals surface area contributed by atoms with Gasteiger partial charge in [-0.3, -0.25) is 0 Å². The fourth-order valence-electron chi connectivity index (χ4n) is 2.06. The Morgan fingerprint density at radius 2 is 1.50 bits per heavy atom. The van der Waals surface area contributed by atoms with Crippen LogP contribution in [0.3, 0.4) is 0 Å². The van der Waals surface area contributed by atoms with E-state index in [0.29, 0.717) is 0 Å². The summed E-state index contributed by atoms with van der Waals surface area (Å²) in [6.07, 6.45) is 0.496. The lowest BCUT2D eigenvalue weighted by molar-refractivity contribution is 0.220. The van der Waals surface area contributed by atoms with Crippen LogP contribution in [0.4, 0.5) is 0 Å². The van der Waals surface area contributed by atoms with E-state index in [1.165, 1.54) is 16.7 Å². The summed E-state index contributed by atoms with van der Waals surface area (Å²) in [5, 5.41) is 10.4. The van der Waals surface area contributed by atoms with Gasteiger partial charge in [-0.05, 0) is 48.1 Å². The maximum Gasteiger partial charge on any atom is 0.104 e. The van der Waals surface area contributed by atoms with Crippen LogP contribution in [0.2, 0.25) is 0 Å². The van der Waals surface area contributed by atoms with E-state index in [-0.39, 0.29) is 0 Å². The Hall–Kier alpha value is -1.60. The molecule has 0 radical (unpaired) electrons. The molecule has 1 nitrogen and oxygen atoms in total. The van der Waals surface area contributed by atoms with E-state index in [0.717, 1.165) is 17.5 Å². The van der Waals surface area contributed by atoms with Crippen molar-refractivity contribution in [1.29, 1.82) is 0 Å². The molecule has 94 valence electrons. The molecule has 0 aliphatic heterocycles. The average Bonchev–Trinajstić information content (AvgIpc) is 2.41. The minimum Gasteiger partial charge on any atom is -0.384 e. The van der Waals surface area contributed by atoms with Gasteiger partial charge in [-0.15, -0.1) is 0 Å². The lowest BCUT2D eigenvalue weighted by Crippen LogP contribution is -2.00. The Morgan fingerprint density at radius 3 is 2.06 bits per heavy atom. The van der Waals surface area contributed by atoms with Crippen LogP contribution in [0.25, 0.3) is 0 Å². The van der Waals surface area contributed by atoms with Gasteiger partial charge < -0.3 is 5.11 Å². The zero-order valence-electron chi connectivity index (χ0n) is 11.3. The zero-order chi connectivity index (χ0) is 13.1. The average molecular weight is 240 g/mol. The van der Waals surface area contributed by atoms with Gasteiger partial charge >= 0.3 is 0 Å². The molecule has 0 aliphatic carbocycles. The predicted molar refractivity (Wildman–Crippen MR) is 75.8 cm³/mol. The number of hydrogen-bond donors (Lipinski definition) is 1. The minimum atomic E-state index is -0.532. The van der Waals surface area contributed by atoms with E-state index < -0.39 is 6.10 Å². The lowest BCUT2D eigenvalue weighted by atomic mass is 9.97. The van der Waals surface area contributed by atoms with E-state index >= 15 is 0 Å². The van der Waals surface area contributed by atoms with Crippen molar-refractivity contribution in [3.8, 4) is 0 Å². The van der Waals surface area contributed by atoms with Gasteiger partial charge in [0.05, 0.1) is 0 Å². The first-order chi connectivity index (χ1) is 8.61. The van der Waals surface area contributed by atoms with Gasteiger partial charge in [-0.2, -0.15) is 0 Å². The van der Waals surface area contributed by atoms with Crippen molar-refractivity contribution in [2.75, 3.05) is 0 Å². The van der Waals surface area contributed by atoms with Crippen LogP contribution in [0.15, 0.2) is 42.5 Å². The third kappa shape index (κ3) is 2.62. The largest absolute Gasteiger partial charge is 0.384 e. The highest BCUT2D eigenvalue weighted by Crippen LogP contribution is 2.24. The van der Waals surface area contributed by atoms with Crippen molar-refractivity contribution >= 4 is 0 Å². The molecule has 0 bridgehead atoms. The van der Waals surface area contributed by atoms with Gasteiger partial charge in [0.1, 0.15) is 6.10 Å². The summed E-state index contributed by atoms with van der Waals surface area (Å²) in [6, 6.07) is 14.3. The predicted octanol–water partition coefficient (Wildman–Crippen LogP) is 3.95. The molecule has 2 rings (SSSR count). The molecule has 0 aliphatic rings. The molecule has 2 aromatic rings. The molecule has 1 N–H and O–H groups in total. The highest BCUT2D eigenvalue weighted by Gasteiger charge is 2.10. The highest BCUT2D eigenvalue weighted by atomic mass is 16.3. The second-order valence-electron chi connectivity index (χ2n) is 4.84. The molecule has 0 aromatic heterocycles. The fourth-order valence-corrected chi connectivity index (χ4v) is 2.06. The van der Waals surface area contributed by atoms with Crippen LogP contribution in [-0.4, -0.2) is 5.11 Å². The zero-order valence-corrected chi connectivity index (χ0v) is 11.3. The Bertz CT molecular complexity index is 526. The molecule has 1 unspecified atom stereocenters. The number of hydrogen-bond acceptors (Lipinski definition) is 1. The minimum absolute atomic E-state index is 0.532. The quantitative estimate of drug-likeness (QED) is 0.861. The number of aryl methyl sites for hydroxylation is 3. The van der Waals surface area contributed by atoms with E-state index in [1.807, 2.05) is 18.2 Å². The summed E-state index contributed by atoms with van der Waals surface area (Å²) in [5.74, 6) is 0. The molecule has 0 saturated carbocycles. The Balaban J connectivity index is 2.28. The monoisotopic (exact) mass is 240 g/mol. The molecule has 1 heteroatoms. The van der Waals surface area contributed by atoms with Gasteiger partial charge in [0, 0.05) is 0 Å². The van der Waals surface area contributed by atoms with Gasteiger partial charge in [0.2, 0.25) is 0 Å². The first-order valence-electron chi connectivity index (χ1n) is 6.46. The van der Waals surface area contributed by atoms with Crippen molar-refractivity contribution < 1.29 is 5.11 Å². The molecule has 0 fully saturated rings. The summed E-state index contributed by atoms with van der Waals surface area (Å²) in [7, 11) is 0. The molecule has 0 amide bonds. The molecule has 0 heterocycles. The Labute approximate surface area is 109 Å². The van der Waals surface area contributed by atoms with Crippen LogP contribution >= 0.6 is 0 Å². The number of aliphatic hydroxyl groups is 1. The maximum absolute atomic E-state index is 10.4. The summed E-state index contributed by atoms with van der Waals surface area (Å²) in [4.78, 5) is 0. The number of benzene rings is 2. The van der Waals surface area contributed by atoms with E-state index in [1.54, 1.807) is 0 Å². The topological polar surface area (TPSA) is 20.2 Å². The molecule has 0 saturated heterocycles. The molecule has 18 heavy (non-hydrogen) atoms. The Morgan fingerprint density at radius 1 is 0.889 bits per heavy atom. The summed E-state index contributed by atoms with van der Waals surface area (Å²) >= 11 is 0. The van der Waals surface area contributed by atoms with Crippen molar-refractivity contribution in [2.24, 2.45) is 0 Å². The summed E-state index contributed by atoms with van der Waals surface area (Å²) < 4.78 is 0. The second-order valence-corrected chi connectivity index (χ2v) is 4.84. The van der Waals surface area contributed by atoms with E-state index in [9.17, 15) is 5.11 Å². The number of rotatable bonds is 3. The Kier molecular flexibility index (Phi) is 3.83. The van der Waals surface area contributed by atoms with Crippen molar-refractivity contribution in [3.05, 3.63) is 70.3 Å². The van der Waals surface area contributed by atoms with Crippen LogP contribution < -0.4 is 0 Å². The smallest absolute Gasteiger partial charge is 0.104 e. The van der Waals surface area contributed by atoms with E-state index in [2.05, 4.69) is 45.0 Å². The third-order valence-corrected chi connectivity index (χ3v) is 3.55. The maximum atomic E-state index is 10.4. The van der Waals surface area contributed by atoms with Crippen LogP contribution in [-0.2, 0) is 6.42 Å². The summed E-state index contributed by atoms with van der Waals surface area (Å²) in [5.41, 5.74) is 5.69. The lowest BCUT2D eigenvalue weighted by Gasteiger charge is -2.13. The molecular weight excluding hydrogens is 220 g/mol. The second kappa shape index (κ2) is 5.36. The first kappa shape index (κ1) is 12.8.